The summed E-state index contributed by atoms with van der Waals surface area (Å²) in [5.41, 5.74) is 8.95. The van der Waals surface area contributed by atoms with Crippen molar-refractivity contribution >= 4 is 23.2 Å². The van der Waals surface area contributed by atoms with Gasteiger partial charge in [-0.3, -0.25) is 4.99 Å². The highest BCUT2D eigenvalue weighted by atomic mass is 35.5. The lowest BCUT2D eigenvalue weighted by Gasteiger charge is -2.06. The summed E-state index contributed by atoms with van der Waals surface area (Å²) >= 11 is 5.88. The minimum absolute atomic E-state index is 0.357. The molecule has 26 heavy (non-hydrogen) atoms. The van der Waals surface area contributed by atoms with Gasteiger partial charge in [-0.2, -0.15) is 4.98 Å². The molecule has 0 fully saturated rings. The van der Waals surface area contributed by atoms with Crippen LogP contribution in [0.3, 0.4) is 0 Å². The molecule has 0 unspecified atom stereocenters. The van der Waals surface area contributed by atoms with Crippen LogP contribution >= 0.6 is 11.6 Å². The van der Waals surface area contributed by atoms with Gasteiger partial charge in [0.15, 0.2) is 5.96 Å². The van der Waals surface area contributed by atoms with Crippen LogP contribution in [-0.4, -0.2) is 22.6 Å². The number of hydrogen-bond acceptors (Lipinski definition) is 4. The number of halogens is 1. The van der Waals surface area contributed by atoms with Crippen LogP contribution in [0.1, 0.15) is 18.4 Å². The first-order valence-electron chi connectivity index (χ1n) is 8.38. The van der Waals surface area contributed by atoms with Crippen molar-refractivity contribution in [3.63, 3.8) is 0 Å². The van der Waals surface area contributed by atoms with E-state index in [2.05, 4.69) is 39.5 Å². The van der Waals surface area contributed by atoms with E-state index in [-0.39, 0.29) is 0 Å². The molecule has 0 radical (unpaired) electrons. The average Bonchev–Trinajstić information content (AvgIpc) is 3.11. The quantitative estimate of drug-likeness (QED) is 0.507. The van der Waals surface area contributed by atoms with E-state index in [1.165, 1.54) is 5.56 Å². The molecule has 7 heteroatoms. The minimum Gasteiger partial charge on any atom is -0.370 e. The van der Waals surface area contributed by atoms with Crippen molar-refractivity contribution in [1.82, 2.24) is 10.1 Å². The third-order valence-electron chi connectivity index (χ3n) is 3.79. The molecule has 1 heterocycles. The van der Waals surface area contributed by atoms with Crippen LogP contribution < -0.4 is 11.1 Å². The fourth-order valence-electron chi connectivity index (χ4n) is 2.40. The van der Waals surface area contributed by atoms with E-state index in [4.69, 9.17) is 21.9 Å². The molecule has 0 spiro atoms. The first-order chi connectivity index (χ1) is 12.6. The lowest BCUT2D eigenvalue weighted by atomic mass is 10.1. The number of benzene rings is 2. The fourth-order valence-corrected chi connectivity index (χ4v) is 2.53. The lowest BCUT2D eigenvalue weighted by molar-refractivity contribution is 0.380. The second kappa shape index (κ2) is 8.49. The monoisotopic (exact) mass is 369 g/mol. The predicted octanol–water partition coefficient (Wildman–Crippen LogP) is 3.92. The van der Waals surface area contributed by atoms with Gasteiger partial charge in [-0.25, -0.2) is 0 Å². The van der Waals surface area contributed by atoms with Gasteiger partial charge in [0, 0.05) is 22.7 Å². The Kier molecular flexibility index (Phi) is 5.86. The summed E-state index contributed by atoms with van der Waals surface area (Å²) in [6, 6.07) is 15.4. The first-order valence-corrected chi connectivity index (χ1v) is 8.76. The van der Waals surface area contributed by atoms with Gasteiger partial charge in [-0.1, -0.05) is 35.8 Å². The normalized spacial score (nSPS) is 11.5. The molecule has 0 bridgehead atoms. The Labute approximate surface area is 157 Å². The number of nitrogens with two attached hydrogens (primary N) is 1. The van der Waals surface area contributed by atoms with E-state index in [1.807, 2.05) is 24.3 Å². The maximum Gasteiger partial charge on any atom is 0.228 e. The average molecular weight is 370 g/mol. The number of nitrogens with zero attached hydrogens (tertiary/aromatic N) is 3. The molecular weight excluding hydrogens is 350 g/mol. The number of aryl methyl sites for hydroxylation is 1. The summed E-state index contributed by atoms with van der Waals surface area (Å²) in [4.78, 5) is 8.66. The molecule has 6 nitrogen and oxygen atoms in total. The third kappa shape index (κ3) is 4.83. The van der Waals surface area contributed by atoms with Gasteiger partial charge in [-0.15, -0.1) is 0 Å². The van der Waals surface area contributed by atoms with Crippen molar-refractivity contribution in [3.05, 3.63) is 65.0 Å². The molecule has 3 N–H and O–H groups in total. The lowest BCUT2D eigenvalue weighted by Crippen LogP contribution is -2.23. The molecule has 1 aromatic heterocycles. The first kappa shape index (κ1) is 17.9. The molecule has 3 aromatic rings. The Balaban J connectivity index is 1.55. The Morgan fingerprint density at radius 1 is 1.23 bits per heavy atom. The summed E-state index contributed by atoms with van der Waals surface area (Å²) in [5.74, 6) is 1.40. The second-order valence-electron chi connectivity index (χ2n) is 5.71. The molecule has 2 aromatic carbocycles. The molecule has 3 rings (SSSR count). The zero-order chi connectivity index (χ0) is 18.4. The van der Waals surface area contributed by atoms with Gasteiger partial charge in [0.05, 0.1) is 6.54 Å². The van der Waals surface area contributed by atoms with Crippen molar-refractivity contribution in [3.8, 4) is 11.4 Å². The molecule has 0 saturated heterocycles. The van der Waals surface area contributed by atoms with Crippen LogP contribution in [0.5, 0.6) is 0 Å². The fraction of sp³-hybridized carbons (Fsp3) is 0.211. The number of anilines is 1. The summed E-state index contributed by atoms with van der Waals surface area (Å²) in [6.45, 7) is 2.56. The number of rotatable bonds is 6. The summed E-state index contributed by atoms with van der Waals surface area (Å²) in [7, 11) is 0. The molecule has 0 saturated carbocycles. The number of aromatic nitrogens is 2. The Hall–Kier alpha value is -2.86. The number of nitrogens with one attached hydrogen (secondary N) is 1. The highest BCUT2D eigenvalue weighted by molar-refractivity contribution is 6.30. The standard InChI is InChI=1S/C19H20ClN5O/c1-2-13-4-3-5-16(12-13)23-19(21)22-11-10-17-24-18(25-26-17)14-6-8-15(20)9-7-14/h3-9,12H,2,10-11H2,1H3,(H3,21,22,23). The molecule has 0 aliphatic carbocycles. The van der Waals surface area contributed by atoms with Gasteiger partial charge in [-0.05, 0) is 48.4 Å². The third-order valence-corrected chi connectivity index (χ3v) is 4.04. The predicted molar refractivity (Wildman–Crippen MR) is 104 cm³/mol. The van der Waals surface area contributed by atoms with Crippen molar-refractivity contribution in [2.45, 2.75) is 19.8 Å². The van der Waals surface area contributed by atoms with Crippen LogP contribution in [0.2, 0.25) is 5.02 Å². The largest absolute Gasteiger partial charge is 0.370 e. The highest BCUT2D eigenvalue weighted by Gasteiger charge is 2.08. The molecule has 0 atom stereocenters. The van der Waals surface area contributed by atoms with Crippen LogP contribution in [-0.2, 0) is 12.8 Å². The Morgan fingerprint density at radius 2 is 2.04 bits per heavy atom. The van der Waals surface area contributed by atoms with Gasteiger partial charge < -0.3 is 15.6 Å². The van der Waals surface area contributed by atoms with Crippen LogP contribution in [0.25, 0.3) is 11.4 Å². The van der Waals surface area contributed by atoms with Crippen molar-refractivity contribution < 1.29 is 4.52 Å². The zero-order valence-electron chi connectivity index (χ0n) is 14.4. The smallest absolute Gasteiger partial charge is 0.228 e. The second-order valence-corrected chi connectivity index (χ2v) is 6.15. The van der Waals surface area contributed by atoms with E-state index >= 15 is 0 Å². The number of aliphatic imine (C=N–C) groups is 1. The van der Waals surface area contributed by atoms with E-state index in [9.17, 15) is 0 Å². The molecule has 0 aliphatic rings. The van der Waals surface area contributed by atoms with Crippen molar-refractivity contribution in [2.24, 2.45) is 10.7 Å². The maximum atomic E-state index is 5.93. The summed E-state index contributed by atoms with van der Waals surface area (Å²) in [6.07, 6.45) is 1.48. The van der Waals surface area contributed by atoms with Crippen LogP contribution in [0, 0.1) is 0 Å². The molecule has 0 aliphatic heterocycles. The highest BCUT2D eigenvalue weighted by Crippen LogP contribution is 2.18. The number of hydrogen-bond donors (Lipinski definition) is 2. The summed E-state index contributed by atoms with van der Waals surface area (Å²) < 4.78 is 5.26. The van der Waals surface area contributed by atoms with Crippen molar-refractivity contribution in [2.75, 3.05) is 11.9 Å². The maximum absolute atomic E-state index is 5.93. The van der Waals surface area contributed by atoms with Gasteiger partial charge in [0.2, 0.25) is 11.7 Å². The van der Waals surface area contributed by atoms with E-state index in [1.54, 1.807) is 12.1 Å². The molecular formula is C19H20ClN5O. The van der Waals surface area contributed by atoms with Gasteiger partial charge >= 0.3 is 0 Å². The van der Waals surface area contributed by atoms with Crippen molar-refractivity contribution in [1.29, 1.82) is 0 Å². The summed E-state index contributed by atoms with van der Waals surface area (Å²) in [5, 5.41) is 7.73. The van der Waals surface area contributed by atoms with E-state index in [0.717, 1.165) is 17.7 Å². The van der Waals surface area contributed by atoms with Crippen LogP contribution in [0.15, 0.2) is 58.0 Å². The van der Waals surface area contributed by atoms with Crippen LogP contribution in [0.4, 0.5) is 5.69 Å². The SMILES string of the molecule is CCc1cccc(NC(N)=NCCc2nc(-c3ccc(Cl)cc3)no2)c1. The van der Waals surface area contributed by atoms with Gasteiger partial charge in [0.25, 0.3) is 0 Å². The van der Waals surface area contributed by atoms with E-state index in [0.29, 0.717) is 35.7 Å². The molecule has 134 valence electrons. The minimum atomic E-state index is 0.357. The number of guanidine groups is 1. The topological polar surface area (TPSA) is 89.3 Å². The van der Waals surface area contributed by atoms with Gasteiger partial charge in [0.1, 0.15) is 0 Å². The molecule has 0 amide bonds. The zero-order valence-corrected chi connectivity index (χ0v) is 15.2. The Bertz CT molecular complexity index is 889. The Morgan fingerprint density at radius 3 is 2.81 bits per heavy atom. The van der Waals surface area contributed by atoms with E-state index < -0.39 is 0 Å².